The van der Waals surface area contributed by atoms with Crippen LogP contribution in [0.3, 0.4) is 0 Å². The fourth-order valence-corrected chi connectivity index (χ4v) is 2.46. The highest BCUT2D eigenvalue weighted by molar-refractivity contribution is 6.30. The maximum atomic E-state index is 12.2. The number of nitrogens with one attached hydrogen (secondary N) is 2. The molecular weight excluding hydrogens is 358 g/mol. The summed E-state index contributed by atoms with van der Waals surface area (Å²) in [4.78, 5) is 12.2. The van der Waals surface area contributed by atoms with Crippen LogP contribution in [-0.2, 0) is 0 Å². The van der Waals surface area contributed by atoms with Crippen LogP contribution < -0.4 is 20.1 Å². The Morgan fingerprint density at radius 3 is 2.46 bits per heavy atom. The molecule has 0 radical (unpaired) electrons. The van der Waals surface area contributed by atoms with Crippen molar-refractivity contribution in [2.75, 3.05) is 24.9 Å². The van der Waals surface area contributed by atoms with Crippen molar-refractivity contribution in [1.29, 1.82) is 0 Å². The Hall–Kier alpha value is -3.19. The standard InChI is InChI=1S/C18H16ClN3O4/c1-24-15-8-3-11(9-16(15)25-2)14-10-20-26-17(14)22-18(23)21-13-6-4-12(19)5-7-13/h3-10H,1-2H3,(H2,21,22,23). The largest absolute Gasteiger partial charge is 0.493 e. The number of ether oxygens (including phenoxy) is 2. The second kappa shape index (κ2) is 7.79. The Morgan fingerprint density at radius 2 is 1.77 bits per heavy atom. The summed E-state index contributed by atoms with van der Waals surface area (Å²) in [7, 11) is 3.11. The third-order valence-corrected chi connectivity index (χ3v) is 3.85. The number of aromatic nitrogens is 1. The van der Waals surface area contributed by atoms with Gasteiger partial charge < -0.3 is 19.3 Å². The Kier molecular flexibility index (Phi) is 5.28. The quantitative estimate of drug-likeness (QED) is 0.679. The highest BCUT2D eigenvalue weighted by Gasteiger charge is 2.15. The van der Waals surface area contributed by atoms with E-state index in [0.717, 1.165) is 5.56 Å². The van der Waals surface area contributed by atoms with E-state index in [2.05, 4.69) is 15.8 Å². The van der Waals surface area contributed by atoms with Gasteiger partial charge in [-0.05, 0) is 42.0 Å². The Balaban J connectivity index is 1.78. The smallest absolute Gasteiger partial charge is 0.326 e. The first-order valence-corrected chi connectivity index (χ1v) is 7.99. The Labute approximate surface area is 154 Å². The van der Waals surface area contributed by atoms with Crippen LogP contribution >= 0.6 is 11.6 Å². The molecule has 0 unspecified atom stereocenters. The zero-order chi connectivity index (χ0) is 18.5. The molecule has 0 aliphatic heterocycles. The number of anilines is 2. The van der Waals surface area contributed by atoms with Crippen LogP contribution in [0, 0.1) is 0 Å². The summed E-state index contributed by atoms with van der Waals surface area (Å²) < 4.78 is 15.7. The molecule has 0 aliphatic carbocycles. The number of urea groups is 1. The first-order chi connectivity index (χ1) is 12.6. The molecule has 1 heterocycles. The van der Waals surface area contributed by atoms with Gasteiger partial charge in [0.05, 0.1) is 26.0 Å². The molecule has 2 amide bonds. The molecule has 0 atom stereocenters. The van der Waals surface area contributed by atoms with Gasteiger partial charge in [0.25, 0.3) is 0 Å². The minimum absolute atomic E-state index is 0.212. The van der Waals surface area contributed by atoms with Gasteiger partial charge >= 0.3 is 6.03 Å². The van der Waals surface area contributed by atoms with Crippen LogP contribution in [0.1, 0.15) is 0 Å². The van der Waals surface area contributed by atoms with Crippen molar-refractivity contribution in [3.8, 4) is 22.6 Å². The molecule has 0 fully saturated rings. The number of hydrogen-bond acceptors (Lipinski definition) is 5. The van der Waals surface area contributed by atoms with Crippen LogP contribution in [0.15, 0.2) is 53.2 Å². The van der Waals surface area contributed by atoms with Crippen LogP contribution in [0.5, 0.6) is 11.5 Å². The summed E-state index contributed by atoms with van der Waals surface area (Å²) in [6, 6.07) is 11.6. The van der Waals surface area contributed by atoms with Gasteiger partial charge in [0, 0.05) is 10.7 Å². The van der Waals surface area contributed by atoms with Crippen molar-refractivity contribution in [3.63, 3.8) is 0 Å². The summed E-state index contributed by atoms with van der Waals surface area (Å²) >= 11 is 5.83. The van der Waals surface area contributed by atoms with E-state index in [9.17, 15) is 4.79 Å². The lowest BCUT2D eigenvalue weighted by Gasteiger charge is -2.10. The van der Waals surface area contributed by atoms with E-state index >= 15 is 0 Å². The zero-order valence-corrected chi connectivity index (χ0v) is 14.8. The zero-order valence-electron chi connectivity index (χ0n) is 14.1. The third kappa shape index (κ3) is 3.89. The fraction of sp³-hybridized carbons (Fsp3) is 0.111. The molecular formula is C18H16ClN3O4. The highest BCUT2D eigenvalue weighted by atomic mass is 35.5. The lowest BCUT2D eigenvalue weighted by Crippen LogP contribution is -2.19. The number of methoxy groups -OCH3 is 2. The molecule has 0 bridgehead atoms. The maximum Gasteiger partial charge on any atom is 0.326 e. The maximum absolute atomic E-state index is 12.2. The number of carbonyl (C=O) groups excluding carboxylic acids is 1. The highest BCUT2D eigenvalue weighted by Crippen LogP contribution is 2.35. The second-order valence-electron chi connectivity index (χ2n) is 5.22. The van der Waals surface area contributed by atoms with Gasteiger partial charge in [-0.25, -0.2) is 4.79 Å². The predicted molar refractivity (Wildman–Crippen MR) is 99.1 cm³/mol. The van der Waals surface area contributed by atoms with Gasteiger partial charge in [0.15, 0.2) is 11.5 Å². The lowest BCUT2D eigenvalue weighted by molar-refractivity contribution is 0.261. The summed E-state index contributed by atoms with van der Waals surface area (Å²) in [5.74, 6) is 1.37. The molecule has 0 spiro atoms. The number of benzene rings is 2. The Bertz CT molecular complexity index is 909. The first-order valence-electron chi connectivity index (χ1n) is 7.61. The third-order valence-electron chi connectivity index (χ3n) is 3.59. The average Bonchev–Trinajstić information content (AvgIpc) is 3.11. The van der Waals surface area contributed by atoms with Gasteiger partial charge in [0.2, 0.25) is 5.88 Å². The van der Waals surface area contributed by atoms with E-state index in [1.54, 1.807) is 50.6 Å². The topological polar surface area (TPSA) is 85.6 Å². The summed E-state index contributed by atoms with van der Waals surface area (Å²) in [6.07, 6.45) is 1.51. The fourth-order valence-electron chi connectivity index (χ4n) is 2.34. The van der Waals surface area contributed by atoms with Crippen molar-refractivity contribution in [2.24, 2.45) is 0 Å². The predicted octanol–water partition coefficient (Wildman–Crippen LogP) is 4.66. The number of amides is 2. The molecule has 3 aromatic rings. The molecule has 26 heavy (non-hydrogen) atoms. The molecule has 1 aromatic heterocycles. The molecule has 8 heteroatoms. The summed E-state index contributed by atoms with van der Waals surface area (Å²) in [6.45, 7) is 0. The first kappa shape index (κ1) is 17.6. The van der Waals surface area contributed by atoms with Crippen molar-refractivity contribution in [3.05, 3.63) is 53.7 Å². The van der Waals surface area contributed by atoms with Gasteiger partial charge in [0.1, 0.15) is 0 Å². The molecule has 134 valence electrons. The summed E-state index contributed by atoms with van der Waals surface area (Å²) in [5, 5.41) is 9.67. The van der Waals surface area contributed by atoms with E-state index in [1.165, 1.54) is 6.20 Å². The average molecular weight is 374 g/mol. The number of nitrogens with zero attached hydrogens (tertiary/aromatic N) is 1. The van der Waals surface area contributed by atoms with E-state index in [1.807, 2.05) is 6.07 Å². The lowest BCUT2D eigenvalue weighted by atomic mass is 10.1. The molecule has 2 aromatic carbocycles. The van der Waals surface area contributed by atoms with Crippen LogP contribution in [0.25, 0.3) is 11.1 Å². The minimum Gasteiger partial charge on any atom is -0.493 e. The van der Waals surface area contributed by atoms with Crippen LogP contribution in [0.2, 0.25) is 5.02 Å². The number of hydrogen-bond donors (Lipinski definition) is 2. The van der Waals surface area contributed by atoms with Crippen molar-refractivity contribution in [1.82, 2.24) is 5.16 Å². The SMILES string of the molecule is COc1ccc(-c2cnoc2NC(=O)Nc2ccc(Cl)cc2)cc1OC. The number of halogens is 1. The van der Waals surface area contributed by atoms with Gasteiger partial charge in [-0.2, -0.15) is 0 Å². The van der Waals surface area contributed by atoms with Crippen LogP contribution in [0.4, 0.5) is 16.4 Å². The van der Waals surface area contributed by atoms with E-state index < -0.39 is 6.03 Å². The van der Waals surface area contributed by atoms with Gasteiger partial charge in [-0.15, -0.1) is 0 Å². The van der Waals surface area contributed by atoms with Crippen LogP contribution in [-0.4, -0.2) is 25.4 Å². The summed E-state index contributed by atoms with van der Waals surface area (Å²) in [5.41, 5.74) is 1.96. The molecule has 3 rings (SSSR count). The number of carbonyl (C=O) groups is 1. The molecule has 0 saturated heterocycles. The molecule has 0 saturated carbocycles. The van der Waals surface area contributed by atoms with Gasteiger partial charge in [-0.1, -0.05) is 22.8 Å². The van der Waals surface area contributed by atoms with E-state index in [4.69, 9.17) is 25.6 Å². The minimum atomic E-state index is -0.467. The normalized spacial score (nSPS) is 10.3. The second-order valence-corrected chi connectivity index (χ2v) is 5.66. The van der Waals surface area contributed by atoms with Gasteiger partial charge in [-0.3, -0.25) is 5.32 Å². The number of rotatable bonds is 5. The molecule has 0 aliphatic rings. The molecule has 7 nitrogen and oxygen atoms in total. The molecule has 2 N–H and O–H groups in total. The Morgan fingerprint density at radius 1 is 1.04 bits per heavy atom. The monoisotopic (exact) mass is 373 g/mol. The van der Waals surface area contributed by atoms with Crippen molar-refractivity contribution >= 4 is 29.2 Å². The van der Waals surface area contributed by atoms with E-state index in [-0.39, 0.29) is 5.88 Å². The van der Waals surface area contributed by atoms with Crippen molar-refractivity contribution in [2.45, 2.75) is 0 Å². The van der Waals surface area contributed by atoms with Crippen molar-refractivity contribution < 1.29 is 18.8 Å². The van der Waals surface area contributed by atoms with E-state index in [0.29, 0.717) is 27.8 Å².